The molecule has 0 aliphatic heterocycles. The first-order valence-corrected chi connectivity index (χ1v) is 6.07. The van der Waals surface area contributed by atoms with Crippen LogP contribution in [0.3, 0.4) is 0 Å². The Morgan fingerprint density at radius 2 is 1.65 bits per heavy atom. The van der Waals surface area contributed by atoms with Gasteiger partial charge in [-0.2, -0.15) is 0 Å². The van der Waals surface area contributed by atoms with Crippen LogP contribution in [0.5, 0.6) is 23.0 Å². The lowest BCUT2D eigenvalue weighted by molar-refractivity contribution is 0.412. The Bertz CT molecular complexity index is 509. The van der Waals surface area contributed by atoms with Crippen molar-refractivity contribution in [3.63, 3.8) is 0 Å². The fourth-order valence-corrected chi connectivity index (χ4v) is 1.79. The summed E-state index contributed by atoms with van der Waals surface area (Å²) in [5.74, 6) is 2.31. The second kappa shape index (κ2) is 5.27. The predicted molar refractivity (Wildman–Crippen MR) is 73.9 cm³/mol. The molecule has 0 aliphatic rings. The average molecular weight is 342 g/mol. The van der Waals surface area contributed by atoms with E-state index in [9.17, 15) is 5.11 Å². The van der Waals surface area contributed by atoms with Crippen molar-refractivity contribution in [2.75, 3.05) is 7.11 Å². The molecule has 3 nitrogen and oxygen atoms in total. The zero-order valence-electron chi connectivity index (χ0n) is 9.18. The Hall–Kier alpha value is -1.43. The number of ether oxygens (including phenoxy) is 2. The smallest absolute Gasteiger partial charge is 0.144 e. The van der Waals surface area contributed by atoms with Crippen LogP contribution in [0, 0.1) is 3.57 Å². The number of methoxy groups -OCH3 is 1. The van der Waals surface area contributed by atoms with Gasteiger partial charge in [0.1, 0.15) is 23.0 Å². The van der Waals surface area contributed by atoms with Gasteiger partial charge in [0.05, 0.1) is 10.7 Å². The van der Waals surface area contributed by atoms with Gasteiger partial charge in [0.2, 0.25) is 0 Å². The molecular formula is C13H11IO3. The van der Waals surface area contributed by atoms with Crippen molar-refractivity contribution in [1.82, 2.24) is 0 Å². The largest absolute Gasteiger partial charge is 0.508 e. The molecule has 0 spiro atoms. The SMILES string of the molecule is COc1ccc(Oc2cc(O)ccc2I)cc1. The van der Waals surface area contributed by atoms with Crippen LogP contribution in [0.1, 0.15) is 0 Å². The van der Waals surface area contributed by atoms with Gasteiger partial charge < -0.3 is 14.6 Å². The van der Waals surface area contributed by atoms with E-state index in [0.29, 0.717) is 11.5 Å². The van der Waals surface area contributed by atoms with Gasteiger partial charge in [-0.1, -0.05) is 0 Å². The van der Waals surface area contributed by atoms with E-state index < -0.39 is 0 Å². The van der Waals surface area contributed by atoms with E-state index in [-0.39, 0.29) is 5.75 Å². The van der Waals surface area contributed by atoms with Crippen LogP contribution < -0.4 is 9.47 Å². The summed E-state index contributed by atoms with van der Waals surface area (Å²) in [6, 6.07) is 12.3. The van der Waals surface area contributed by atoms with Crippen molar-refractivity contribution in [2.45, 2.75) is 0 Å². The van der Waals surface area contributed by atoms with Crippen molar-refractivity contribution in [1.29, 1.82) is 0 Å². The van der Waals surface area contributed by atoms with Gasteiger partial charge in [-0.05, 0) is 59.0 Å². The van der Waals surface area contributed by atoms with E-state index >= 15 is 0 Å². The Balaban J connectivity index is 2.22. The minimum absolute atomic E-state index is 0.189. The molecule has 2 aromatic carbocycles. The first-order valence-electron chi connectivity index (χ1n) is 4.99. The number of benzene rings is 2. The third kappa shape index (κ3) is 3.03. The van der Waals surface area contributed by atoms with Gasteiger partial charge in [0.15, 0.2) is 0 Å². The lowest BCUT2D eigenvalue weighted by atomic mass is 10.3. The monoisotopic (exact) mass is 342 g/mol. The molecule has 0 atom stereocenters. The highest BCUT2D eigenvalue weighted by Crippen LogP contribution is 2.30. The third-order valence-corrected chi connectivity index (χ3v) is 3.09. The molecule has 2 rings (SSSR count). The summed E-state index contributed by atoms with van der Waals surface area (Å²) in [5, 5.41) is 9.39. The Labute approximate surface area is 113 Å². The Morgan fingerprint density at radius 1 is 1.00 bits per heavy atom. The number of phenols is 1. The summed E-state index contributed by atoms with van der Waals surface area (Å²) >= 11 is 2.16. The summed E-state index contributed by atoms with van der Waals surface area (Å²) in [7, 11) is 1.62. The highest BCUT2D eigenvalue weighted by atomic mass is 127. The van der Waals surface area contributed by atoms with Crippen LogP contribution >= 0.6 is 22.6 Å². The molecule has 0 aliphatic carbocycles. The Morgan fingerprint density at radius 3 is 2.29 bits per heavy atom. The van der Waals surface area contributed by atoms with Crippen LogP contribution in [0.25, 0.3) is 0 Å². The van der Waals surface area contributed by atoms with Gasteiger partial charge in [-0.15, -0.1) is 0 Å². The first kappa shape index (κ1) is 12.0. The molecule has 17 heavy (non-hydrogen) atoms. The summed E-state index contributed by atoms with van der Waals surface area (Å²) in [6.45, 7) is 0. The predicted octanol–water partition coefficient (Wildman–Crippen LogP) is 3.80. The van der Waals surface area contributed by atoms with E-state index in [1.54, 1.807) is 25.3 Å². The second-order valence-corrected chi connectivity index (χ2v) is 4.55. The quantitative estimate of drug-likeness (QED) is 0.863. The number of phenolic OH excluding ortho intramolecular Hbond substituents is 1. The minimum Gasteiger partial charge on any atom is -0.508 e. The molecule has 0 radical (unpaired) electrons. The second-order valence-electron chi connectivity index (χ2n) is 3.39. The van der Waals surface area contributed by atoms with Crippen LogP contribution in [0.4, 0.5) is 0 Å². The summed E-state index contributed by atoms with van der Waals surface area (Å²) in [6.07, 6.45) is 0. The van der Waals surface area contributed by atoms with E-state index in [1.165, 1.54) is 0 Å². The molecule has 0 heterocycles. The molecule has 1 N–H and O–H groups in total. The first-order chi connectivity index (χ1) is 8.19. The van der Waals surface area contributed by atoms with E-state index in [0.717, 1.165) is 9.32 Å². The maximum Gasteiger partial charge on any atom is 0.144 e. The molecule has 0 saturated carbocycles. The van der Waals surface area contributed by atoms with Crippen LogP contribution in [-0.2, 0) is 0 Å². The van der Waals surface area contributed by atoms with Crippen molar-refractivity contribution >= 4 is 22.6 Å². The molecule has 0 fully saturated rings. The molecule has 0 amide bonds. The van der Waals surface area contributed by atoms with Crippen LogP contribution in [-0.4, -0.2) is 12.2 Å². The van der Waals surface area contributed by atoms with Crippen molar-refractivity contribution in [2.24, 2.45) is 0 Å². The highest BCUT2D eigenvalue weighted by molar-refractivity contribution is 14.1. The number of hydrogen-bond donors (Lipinski definition) is 1. The number of rotatable bonds is 3. The highest BCUT2D eigenvalue weighted by Gasteiger charge is 2.04. The molecule has 4 heteroatoms. The fourth-order valence-electron chi connectivity index (χ4n) is 1.34. The molecule has 0 aromatic heterocycles. The van der Waals surface area contributed by atoms with Crippen LogP contribution in [0.15, 0.2) is 42.5 Å². The van der Waals surface area contributed by atoms with Gasteiger partial charge in [0.25, 0.3) is 0 Å². The normalized spacial score (nSPS) is 10.0. The topological polar surface area (TPSA) is 38.7 Å². The molecular weight excluding hydrogens is 331 g/mol. The maximum atomic E-state index is 9.39. The van der Waals surface area contributed by atoms with Crippen molar-refractivity contribution in [3.05, 3.63) is 46.0 Å². The molecule has 2 aromatic rings. The molecule has 0 unspecified atom stereocenters. The zero-order chi connectivity index (χ0) is 12.3. The van der Waals surface area contributed by atoms with Crippen molar-refractivity contribution in [3.8, 4) is 23.0 Å². The van der Waals surface area contributed by atoms with E-state index in [1.807, 2.05) is 24.3 Å². The minimum atomic E-state index is 0.189. The summed E-state index contributed by atoms with van der Waals surface area (Å²) in [4.78, 5) is 0. The number of aromatic hydroxyl groups is 1. The van der Waals surface area contributed by atoms with Crippen LogP contribution in [0.2, 0.25) is 0 Å². The standard InChI is InChI=1S/C13H11IO3/c1-16-10-3-5-11(6-4-10)17-13-8-9(15)2-7-12(13)14/h2-8,15H,1H3. The number of halogens is 1. The lowest BCUT2D eigenvalue weighted by Gasteiger charge is -2.08. The summed E-state index contributed by atoms with van der Waals surface area (Å²) < 4.78 is 11.7. The molecule has 88 valence electrons. The molecule has 0 bridgehead atoms. The third-order valence-electron chi connectivity index (χ3n) is 2.20. The van der Waals surface area contributed by atoms with Gasteiger partial charge in [-0.3, -0.25) is 0 Å². The Kier molecular flexibility index (Phi) is 3.73. The average Bonchev–Trinajstić information content (AvgIpc) is 2.35. The summed E-state index contributed by atoms with van der Waals surface area (Å²) in [5.41, 5.74) is 0. The van der Waals surface area contributed by atoms with Gasteiger partial charge >= 0.3 is 0 Å². The van der Waals surface area contributed by atoms with Gasteiger partial charge in [-0.25, -0.2) is 0 Å². The number of hydrogen-bond acceptors (Lipinski definition) is 3. The maximum absolute atomic E-state index is 9.39. The van der Waals surface area contributed by atoms with Gasteiger partial charge in [0, 0.05) is 6.07 Å². The van der Waals surface area contributed by atoms with E-state index in [4.69, 9.17) is 9.47 Å². The fraction of sp³-hybridized carbons (Fsp3) is 0.0769. The van der Waals surface area contributed by atoms with E-state index in [2.05, 4.69) is 22.6 Å². The zero-order valence-corrected chi connectivity index (χ0v) is 11.3. The molecule has 0 saturated heterocycles. The lowest BCUT2D eigenvalue weighted by Crippen LogP contribution is -1.88. The van der Waals surface area contributed by atoms with Crippen molar-refractivity contribution < 1.29 is 14.6 Å².